The van der Waals surface area contributed by atoms with Crippen molar-refractivity contribution >= 4 is 35.6 Å². The molecule has 1 heterocycles. The minimum atomic E-state index is -4.15. The zero-order chi connectivity index (χ0) is 18.4. The van der Waals surface area contributed by atoms with Gasteiger partial charge in [-0.2, -0.15) is 13.2 Å². The van der Waals surface area contributed by atoms with Gasteiger partial charge in [0.1, 0.15) is 5.75 Å². The van der Waals surface area contributed by atoms with Crippen LogP contribution in [0.1, 0.15) is 20.3 Å². The van der Waals surface area contributed by atoms with Crippen LogP contribution in [0.15, 0.2) is 29.3 Å². The fourth-order valence-electron chi connectivity index (χ4n) is 2.76. The van der Waals surface area contributed by atoms with Crippen molar-refractivity contribution in [2.24, 2.45) is 16.6 Å². The number of aliphatic imine (C=N–C) groups is 1. The third-order valence-electron chi connectivity index (χ3n) is 3.79. The number of rotatable bonds is 6. The quantitative estimate of drug-likeness (QED) is 0.366. The molecular weight excluding hydrogens is 460 g/mol. The van der Waals surface area contributed by atoms with E-state index in [1.807, 2.05) is 38.1 Å². The summed E-state index contributed by atoms with van der Waals surface area (Å²) in [4.78, 5) is 5.66. The summed E-state index contributed by atoms with van der Waals surface area (Å²) in [5.41, 5.74) is 6.63. The molecule has 2 rings (SSSR count). The third kappa shape index (κ3) is 8.43. The number of nitrogens with zero attached hydrogens (tertiary/aromatic N) is 2. The summed E-state index contributed by atoms with van der Waals surface area (Å²) >= 11 is 0. The average molecular weight is 486 g/mol. The van der Waals surface area contributed by atoms with E-state index in [4.69, 9.17) is 10.5 Å². The Morgan fingerprint density at radius 3 is 2.58 bits per heavy atom. The van der Waals surface area contributed by atoms with Crippen molar-refractivity contribution < 1.29 is 17.9 Å². The van der Waals surface area contributed by atoms with E-state index in [1.54, 1.807) is 0 Å². The lowest BCUT2D eigenvalue weighted by Crippen LogP contribution is -2.32. The minimum Gasteiger partial charge on any atom is -0.491 e. The van der Waals surface area contributed by atoms with Crippen LogP contribution in [0.25, 0.3) is 0 Å². The summed E-state index contributed by atoms with van der Waals surface area (Å²) in [7, 11) is 0. The van der Waals surface area contributed by atoms with Gasteiger partial charge in [-0.25, -0.2) is 0 Å². The predicted molar refractivity (Wildman–Crippen MR) is 108 cm³/mol. The van der Waals surface area contributed by atoms with Crippen molar-refractivity contribution in [3.8, 4) is 5.75 Å². The van der Waals surface area contributed by atoms with Gasteiger partial charge < -0.3 is 15.8 Å². The largest absolute Gasteiger partial charge is 0.491 e. The second kappa shape index (κ2) is 10.2. The first kappa shape index (κ1) is 22.8. The number of hydrogen-bond donors (Lipinski definition) is 2. The number of guanidine groups is 1. The van der Waals surface area contributed by atoms with Crippen molar-refractivity contribution in [1.29, 1.82) is 0 Å². The van der Waals surface area contributed by atoms with Crippen LogP contribution in [0.5, 0.6) is 5.75 Å². The topological polar surface area (TPSA) is 62.9 Å². The number of ether oxygens (including phenoxy) is 1. The zero-order valence-electron chi connectivity index (χ0n) is 14.9. The number of nitrogens with two attached hydrogens (primary N) is 1. The maximum Gasteiger partial charge on any atom is 0.401 e. The number of anilines is 1. The summed E-state index contributed by atoms with van der Waals surface area (Å²) < 4.78 is 42.7. The monoisotopic (exact) mass is 486 g/mol. The summed E-state index contributed by atoms with van der Waals surface area (Å²) in [5.74, 6) is 1.13. The highest BCUT2D eigenvalue weighted by atomic mass is 127. The number of likely N-dealkylation sites (tertiary alicyclic amines) is 1. The standard InChI is InChI=1S/C17H25F3N4O.HI/c1-12(2)25-15-5-3-14(4-6-15)23-16(21)22-9-13-7-8-24(10-13)11-17(18,19)20;/h3-6,12-13H,7-11H2,1-2H3,(H3,21,22,23);1H. The fourth-order valence-corrected chi connectivity index (χ4v) is 2.76. The minimum absolute atomic E-state index is 0. The lowest BCUT2D eigenvalue weighted by molar-refractivity contribution is -0.143. The van der Waals surface area contributed by atoms with Gasteiger partial charge in [-0.1, -0.05) is 0 Å². The fraction of sp³-hybridized carbons (Fsp3) is 0.588. The van der Waals surface area contributed by atoms with Crippen LogP contribution in [0, 0.1) is 5.92 Å². The van der Waals surface area contributed by atoms with Crippen LogP contribution in [-0.2, 0) is 0 Å². The molecule has 9 heteroatoms. The van der Waals surface area contributed by atoms with Gasteiger partial charge in [-0.05, 0) is 57.0 Å². The van der Waals surface area contributed by atoms with Crippen LogP contribution < -0.4 is 15.8 Å². The van der Waals surface area contributed by atoms with Gasteiger partial charge >= 0.3 is 6.18 Å². The summed E-state index contributed by atoms with van der Waals surface area (Å²) in [6, 6.07) is 7.34. The predicted octanol–water partition coefficient (Wildman–Crippen LogP) is 3.70. The number of alkyl halides is 3. The van der Waals surface area contributed by atoms with Crippen molar-refractivity contribution in [2.45, 2.75) is 32.5 Å². The van der Waals surface area contributed by atoms with Crippen molar-refractivity contribution in [3.05, 3.63) is 24.3 Å². The van der Waals surface area contributed by atoms with E-state index < -0.39 is 12.7 Å². The van der Waals surface area contributed by atoms with Gasteiger partial charge in [0.2, 0.25) is 0 Å². The number of nitrogens with one attached hydrogen (secondary N) is 1. The summed E-state index contributed by atoms with van der Waals surface area (Å²) in [6.07, 6.45) is -3.34. The smallest absolute Gasteiger partial charge is 0.401 e. The van der Waals surface area contributed by atoms with Crippen LogP contribution in [0.3, 0.4) is 0 Å². The molecule has 1 fully saturated rings. The van der Waals surface area contributed by atoms with Gasteiger partial charge in [-0.15, -0.1) is 24.0 Å². The molecule has 0 amide bonds. The van der Waals surface area contributed by atoms with E-state index in [0.29, 0.717) is 26.1 Å². The van der Waals surface area contributed by atoms with Crippen molar-refractivity contribution in [1.82, 2.24) is 4.90 Å². The first-order valence-corrected chi connectivity index (χ1v) is 8.34. The highest BCUT2D eigenvalue weighted by Crippen LogP contribution is 2.23. The maximum absolute atomic E-state index is 12.4. The molecule has 1 aliphatic heterocycles. The molecule has 0 aliphatic carbocycles. The highest BCUT2D eigenvalue weighted by molar-refractivity contribution is 14.0. The molecule has 148 valence electrons. The van der Waals surface area contributed by atoms with Crippen LogP contribution in [-0.4, -0.2) is 49.3 Å². The van der Waals surface area contributed by atoms with E-state index in [2.05, 4.69) is 10.3 Å². The molecule has 1 aromatic carbocycles. The Balaban J connectivity index is 0.00000338. The molecule has 1 unspecified atom stereocenters. The molecule has 1 saturated heterocycles. The van der Waals surface area contributed by atoms with E-state index in [-0.39, 0.29) is 42.0 Å². The van der Waals surface area contributed by atoms with Gasteiger partial charge in [-0.3, -0.25) is 9.89 Å². The lowest BCUT2D eigenvalue weighted by atomic mass is 10.1. The van der Waals surface area contributed by atoms with Crippen LogP contribution >= 0.6 is 24.0 Å². The molecule has 1 atom stereocenters. The molecule has 5 nitrogen and oxygen atoms in total. The third-order valence-corrected chi connectivity index (χ3v) is 3.79. The molecular formula is C17H26F3IN4O. The number of hydrogen-bond acceptors (Lipinski definition) is 3. The number of benzene rings is 1. The maximum atomic E-state index is 12.4. The first-order valence-electron chi connectivity index (χ1n) is 8.34. The molecule has 1 aliphatic rings. The van der Waals surface area contributed by atoms with Crippen molar-refractivity contribution in [2.75, 3.05) is 31.5 Å². The Kier molecular flexibility index (Phi) is 8.94. The highest BCUT2D eigenvalue weighted by Gasteiger charge is 2.34. The Morgan fingerprint density at radius 1 is 1.35 bits per heavy atom. The van der Waals surface area contributed by atoms with E-state index in [9.17, 15) is 13.2 Å². The molecule has 0 radical (unpaired) electrons. The lowest BCUT2D eigenvalue weighted by Gasteiger charge is -2.17. The van der Waals surface area contributed by atoms with Crippen LogP contribution in [0.2, 0.25) is 0 Å². The van der Waals surface area contributed by atoms with E-state index >= 15 is 0 Å². The second-order valence-corrected chi connectivity index (χ2v) is 6.55. The molecule has 3 N–H and O–H groups in total. The van der Waals surface area contributed by atoms with Gasteiger partial charge in [0.15, 0.2) is 5.96 Å². The molecule has 0 spiro atoms. The SMILES string of the molecule is CC(C)Oc1ccc(NC(N)=NCC2CCN(CC(F)(F)F)C2)cc1.I. The van der Waals surface area contributed by atoms with Gasteiger partial charge in [0, 0.05) is 18.8 Å². The van der Waals surface area contributed by atoms with Gasteiger partial charge in [0.25, 0.3) is 0 Å². The Labute approximate surface area is 169 Å². The summed E-state index contributed by atoms with van der Waals surface area (Å²) in [6.45, 7) is 4.32. The molecule has 0 saturated carbocycles. The van der Waals surface area contributed by atoms with E-state index in [1.165, 1.54) is 4.90 Å². The normalized spacial score (nSPS) is 18.7. The first-order chi connectivity index (χ1) is 11.7. The molecule has 26 heavy (non-hydrogen) atoms. The average Bonchev–Trinajstić information content (AvgIpc) is 2.92. The van der Waals surface area contributed by atoms with Gasteiger partial charge in [0.05, 0.1) is 12.6 Å². The second-order valence-electron chi connectivity index (χ2n) is 6.55. The molecule has 0 bridgehead atoms. The zero-order valence-corrected chi connectivity index (χ0v) is 17.3. The van der Waals surface area contributed by atoms with Crippen LogP contribution in [0.4, 0.5) is 18.9 Å². The Hall–Kier alpha value is -1.23. The molecule has 1 aromatic rings. The van der Waals surface area contributed by atoms with Crippen molar-refractivity contribution in [3.63, 3.8) is 0 Å². The number of halogens is 4. The Bertz CT molecular complexity index is 578. The van der Waals surface area contributed by atoms with E-state index in [0.717, 1.165) is 11.4 Å². The molecule has 0 aromatic heterocycles. The Morgan fingerprint density at radius 2 is 2.00 bits per heavy atom. The summed E-state index contributed by atoms with van der Waals surface area (Å²) in [5, 5.41) is 2.97.